The van der Waals surface area contributed by atoms with Gasteiger partial charge < -0.3 is 9.47 Å². The summed E-state index contributed by atoms with van der Waals surface area (Å²) in [4.78, 5) is 17.7. The van der Waals surface area contributed by atoms with Gasteiger partial charge in [-0.1, -0.05) is 0 Å². The molecule has 0 aromatic heterocycles. The number of benzene rings is 2. The van der Waals surface area contributed by atoms with E-state index in [-0.39, 0.29) is 18.4 Å². The first kappa shape index (κ1) is 12.8. The van der Waals surface area contributed by atoms with Crippen molar-refractivity contribution in [2.75, 3.05) is 6.79 Å². The molecule has 2 aromatic rings. The fourth-order valence-corrected chi connectivity index (χ4v) is 3.87. The van der Waals surface area contributed by atoms with E-state index in [1.807, 2.05) is 13.0 Å². The van der Waals surface area contributed by atoms with Gasteiger partial charge in [-0.15, -0.1) is 0 Å². The lowest BCUT2D eigenvalue weighted by Gasteiger charge is -2.23. The van der Waals surface area contributed by atoms with Crippen LogP contribution in [-0.4, -0.2) is 18.3 Å². The third-order valence-electron chi connectivity index (χ3n) is 5.01. The van der Waals surface area contributed by atoms with Crippen molar-refractivity contribution in [1.29, 1.82) is 0 Å². The van der Waals surface area contributed by atoms with Crippen LogP contribution in [0, 0.1) is 5.82 Å². The summed E-state index contributed by atoms with van der Waals surface area (Å²) in [6, 6.07) is 8.02. The molecule has 2 heterocycles. The standard InChI is InChI=1S/C18H12FNO3/c1-9-18(13-5-11(19)2-3-14(13)20-9)7-10-4-15-16(23-8-22-15)6-12(10)17(18)21/h2-6H,7-8H2,1H3. The molecule has 0 bridgehead atoms. The summed E-state index contributed by atoms with van der Waals surface area (Å²) in [7, 11) is 0. The molecule has 2 aliphatic heterocycles. The van der Waals surface area contributed by atoms with E-state index in [1.165, 1.54) is 12.1 Å². The maximum atomic E-state index is 13.8. The maximum absolute atomic E-state index is 13.8. The summed E-state index contributed by atoms with van der Waals surface area (Å²) < 4.78 is 24.5. The molecule has 23 heavy (non-hydrogen) atoms. The van der Waals surface area contributed by atoms with Crippen LogP contribution in [0.3, 0.4) is 0 Å². The highest BCUT2D eigenvalue weighted by atomic mass is 19.1. The highest BCUT2D eigenvalue weighted by molar-refractivity contribution is 6.26. The molecule has 0 saturated heterocycles. The third-order valence-corrected chi connectivity index (χ3v) is 5.01. The Kier molecular flexibility index (Phi) is 2.22. The Morgan fingerprint density at radius 1 is 1.17 bits per heavy atom. The first-order valence-electron chi connectivity index (χ1n) is 7.43. The Morgan fingerprint density at radius 2 is 1.96 bits per heavy atom. The number of aliphatic imine (C=N–C) groups is 1. The van der Waals surface area contributed by atoms with E-state index in [2.05, 4.69) is 4.99 Å². The molecule has 1 unspecified atom stereocenters. The van der Waals surface area contributed by atoms with Crippen LogP contribution >= 0.6 is 0 Å². The Bertz CT molecular complexity index is 934. The van der Waals surface area contributed by atoms with Crippen molar-refractivity contribution in [3.63, 3.8) is 0 Å². The van der Waals surface area contributed by atoms with Crippen LogP contribution in [0.4, 0.5) is 10.1 Å². The normalized spacial score (nSPS) is 23.2. The van der Waals surface area contributed by atoms with Gasteiger partial charge in [0.15, 0.2) is 17.3 Å². The molecule has 5 rings (SSSR count). The first-order chi connectivity index (χ1) is 11.1. The minimum Gasteiger partial charge on any atom is -0.454 e. The SMILES string of the molecule is CC1=Nc2ccc(F)cc2C12Cc1cc3c(cc1C2=O)OCO3. The number of halogens is 1. The largest absolute Gasteiger partial charge is 0.454 e. The van der Waals surface area contributed by atoms with Gasteiger partial charge in [0, 0.05) is 16.8 Å². The van der Waals surface area contributed by atoms with E-state index in [0.717, 1.165) is 5.56 Å². The second-order valence-corrected chi connectivity index (χ2v) is 6.13. The van der Waals surface area contributed by atoms with Gasteiger partial charge in [-0.05, 0) is 49.2 Å². The molecular weight excluding hydrogens is 297 g/mol. The topological polar surface area (TPSA) is 47.9 Å². The number of Topliss-reactive ketones (excluding diaryl/α,β-unsaturated/α-hetero) is 1. The number of rotatable bonds is 0. The molecule has 0 radical (unpaired) electrons. The number of hydrogen-bond acceptors (Lipinski definition) is 4. The second kappa shape index (κ2) is 3.98. The zero-order chi connectivity index (χ0) is 15.8. The molecule has 1 aliphatic carbocycles. The predicted molar refractivity (Wildman–Crippen MR) is 81.4 cm³/mol. The average molecular weight is 309 g/mol. The van der Waals surface area contributed by atoms with Gasteiger partial charge in [-0.25, -0.2) is 4.39 Å². The Balaban J connectivity index is 1.73. The summed E-state index contributed by atoms with van der Waals surface area (Å²) in [5, 5.41) is 0. The molecule has 0 amide bonds. The van der Waals surface area contributed by atoms with Crippen molar-refractivity contribution in [3.05, 3.63) is 52.8 Å². The van der Waals surface area contributed by atoms with Crippen molar-refractivity contribution < 1.29 is 18.7 Å². The minimum absolute atomic E-state index is 0.0450. The molecule has 4 nitrogen and oxygen atoms in total. The summed E-state index contributed by atoms with van der Waals surface area (Å²) >= 11 is 0. The van der Waals surface area contributed by atoms with Gasteiger partial charge in [0.2, 0.25) is 6.79 Å². The minimum atomic E-state index is -0.894. The predicted octanol–water partition coefficient (Wildman–Crippen LogP) is 3.34. The van der Waals surface area contributed by atoms with E-state index in [9.17, 15) is 9.18 Å². The fourth-order valence-electron chi connectivity index (χ4n) is 3.87. The number of carbonyl (C=O) groups excluding carboxylic acids is 1. The number of fused-ring (bicyclic) bond motifs is 4. The van der Waals surface area contributed by atoms with E-state index in [4.69, 9.17) is 9.47 Å². The van der Waals surface area contributed by atoms with Crippen molar-refractivity contribution >= 4 is 17.2 Å². The number of hydrogen-bond donors (Lipinski definition) is 0. The third kappa shape index (κ3) is 1.44. The van der Waals surface area contributed by atoms with Gasteiger partial charge in [0.1, 0.15) is 11.2 Å². The number of nitrogens with zero attached hydrogens (tertiary/aromatic N) is 1. The van der Waals surface area contributed by atoms with Crippen LogP contribution in [0.1, 0.15) is 28.4 Å². The second-order valence-electron chi connectivity index (χ2n) is 6.13. The van der Waals surface area contributed by atoms with Crippen molar-refractivity contribution in [2.45, 2.75) is 18.8 Å². The maximum Gasteiger partial charge on any atom is 0.231 e. The molecule has 3 aliphatic rings. The summed E-state index contributed by atoms with van der Waals surface area (Å²) in [5.41, 5.74) is 2.64. The van der Waals surface area contributed by atoms with Crippen LogP contribution in [0.15, 0.2) is 35.3 Å². The van der Waals surface area contributed by atoms with Crippen molar-refractivity contribution in [2.24, 2.45) is 4.99 Å². The molecule has 1 atom stereocenters. The lowest BCUT2D eigenvalue weighted by atomic mass is 9.74. The van der Waals surface area contributed by atoms with Crippen LogP contribution < -0.4 is 9.47 Å². The van der Waals surface area contributed by atoms with Gasteiger partial charge in [-0.3, -0.25) is 9.79 Å². The smallest absolute Gasteiger partial charge is 0.231 e. The lowest BCUT2D eigenvalue weighted by molar-refractivity contribution is 0.0946. The molecule has 0 saturated carbocycles. The Morgan fingerprint density at radius 3 is 2.78 bits per heavy atom. The number of ketones is 1. The highest BCUT2D eigenvalue weighted by Gasteiger charge is 2.53. The summed E-state index contributed by atoms with van der Waals surface area (Å²) in [6.07, 6.45) is 0.476. The highest BCUT2D eigenvalue weighted by Crippen LogP contribution is 2.51. The number of carbonyl (C=O) groups is 1. The fraction of sp³-hybridized carbons (Fsp3) is 0.222. The van der Waals surface area contributed by atoms with Crippen molar-refractivity contribution in [1.82, 2.24) is 0 Å². The number of ether oxygens (including phenoxy) is 2. The van der Waals surface area contributed by atoms with Crippen LogP contribution in [0.5, 0.6) is 11.5 Å². The van der Waals surface area contributed by atoms with Crippen LogP contribution in [0.2, 0.25) is 0 Å². The Hall–Kier alpha value is -2.69. The van der Waals surface area contributed by atoms with E-state index < -0.39 is 5.41 Å². The van der Waals surface area contributed by atoms with Gasteiger partial charge in [-0.2, -0.15) is 0 Å². The molecule has 5 heteroatoms. The average Bonchev–Trinajstić information content (AvgIpc) is 3.17. The zero-order valence-electron chi connectivity index (χ0n) is 12.4. The molecule has 2 aromatic carbocycles. The molecule has 1 spiro atoms. The van der Waals surface area contributed by atoms with Gasteiger partial charge in [0.05, 0.1) is 5.69 Å². The first-order valence-corrected chi connectivity index (χ1v) is 7.43. The molecule has 0 N–H and O–H groups in total. The van der Waals surface area contributed by atoms with Crippen LogP contribution in [-0.2, 0) is 11.8 Å². The van der Waals surface area contributed by atoms with Gasteiger partial charge >= 0.3 is 0 Å². The van der Waals surface area contributed by atoms with E-state index in [0.29, 0.717) is 40.4 Å². The monoisotopic (exact) mass is 309 g/mol. The van der Waals surface area contributed by atoms with E-state index in [1.54, 1.807) is 12.1 Å². The summed E-state index contributed by atoms with van der Waals surface area (Å²) in [6.45, 7) is 2.01. The molecule has 0 fully saturated rings. The quantitative estimate of drug-likeness (QED) is 0.750. The van der Waals surface area contributed by atoms with E-state index >= 15 is 0 Å². The van der Waals surface area contributed by atoms with Gasteiger partial charge in [0.25, 0.3) is 0 Å². The van der Waals surface area contributed by atoms with Crippen LogP contribution in [0.25, 0.3) is 0 Å². The lowest BCUT2D eigenvalue weighted by Crippen LogP contribution is -2.38. The molecule has 114 valence electrons. The van der Waals surface area contributed by atoms with Crippen molar-refractivity contribution in [3.8, 4) is 11.5 Å². The molecular formula is C18H12FNO3. The summed E-state index contributed by atoms with van der Waals surface area (Å²) in [5.74, 6) is 0.837. The zero-order valence-corrected chi connectivity index (χ0v) is 12.4. The Labute approximate surface area is 131 Å².